The summed E-state index contributed by atoms with van der Waals surface area (Å²) in [7, 11) is 4.20. The second-order valence-electron chi connectivity index (χ2n) is 22.6. The van der Waals surface area contributed by atoms with Crippen molar-refractivity contribution in [3.63, 3.8) is 0 Å². The molecule has 6 aromatic carbocycles. The smallest absolute Gasteiger partial charge is 0.253 e. The van der Waals surface area contributed by atoms with Crippen molar-refractivity contribution in [1.29, 1.82) is 0 Å². The first kappa shape index (κ1) is 66.8. The molecule has 0 fully saturated rings. The van der Waals surface area contributed by atoms with Gasteiger partial charge in [0.1, 0.15) is 88.7 Å². The van der Waals surface area contributed by atoms with Crippen LogP contribution >= 0.6 is 0 Å². The number of aryl methyl sites for hydroxylation is 9. The average Bonchev–Trinajstić information content (AvgIpc) is 4.21. The van der Waals surface area contributed by atoms with Crippen molar-refractivity contribution in [2.24, 2.45) is 0 Å². The molecule has 6 N–H and O–H groups in total. The van der Waals surface area contributed by atoms with Crippen LogP contribution in [-0.2, 0) is 32.6 Å². The van der Waals surface area contributed by atoms with E-state index in [0.29, 0.717) is 46.0 Å². The third kappa shape index (κ3) is 14.7. The average molecular weight is 1180 g/mol. The van der Waals surface area contributed by atoms with Gasteiger partial charge in [-0.1, -0.05) is 13.0 Å². The number of imidazole rings is 1. The van der Waals surface area contributed by atoms with Crippen molar-refractivity contribution in [1.82, 2.24) is 24.2 Å². The Morgan fingerprint density at radius 2 is 0.767 bits per heavy atom. The largest absolute Gasteiger partial charge is 0.494 e. The standard InChI is InChI=1S/C70H87N6O7.3H2O/c1-18-55-28-44(5)68(81-62-32-47(8)66(48(9)33-62)80-61-30-45(6)65(78-20-3)46(7)31-61)56(36-55)40-75-26-27-76(54(75)15)43-59-39-64(83-69-50(11)29-60(77-19-2)37-58(69)42-74-25-23-72(17)53(74)14)35-51(12)70(59)82-63-34-49(10)67(79-21-4)57(38-63)41-73-24-22-71(16)52(73)13;;;/h22-39,52-53H,18-21,40-43H2,1-17H3;3*1H2/q+1;;;. The summed E-state index contributed by atoms with van der Waals surface area (Å²) < 4.78 is 50.8. The van der Waals surface area contributed by atoms with Gasteiger partial charge in [-0.2, -0.15) is 0 Å². The first-order chi connectivity index (χ1) is 39.7. The minimum Gasteiger partial charge on any atom is -0.494 e. The van der Waals surface area contributed by atoms with E-state index in [9.17, 15) is 0 Å². The Balaban J connectivity index is 0.00000394. The molecule has 3 heterocycles. The van der Waals surface area contributed by atoms with Crippen LogP contribution in [0.2, 0.25) is 0 Å². The van der Waals surface area contributed by atoms with E-state index in [-0.39, 0.29) is 28.8 Å². The molecule has 0 bridgehead atoms. The predicted molar refractivity (Wildman–Crippen MR) is 342 cm³/mol. The molecule has 16 nitrogen and oxygen atoms in total. The topological polar surface area (TPSA) is 181 Å². The maximum atomic E-state index is 7.17. The summed E-state index contributed by atoms with van der Waals surface area (Å²) in [6, 6.07) is 25.4. The number of aromatic nitrogens is 2. The van der Waals surface area contributed by atoms with Gasteiger partial charge in [-0.3, -0.25) is 0 Å². The van der Waals surface area contributed by atoms with Crippen LogP contribution in [0.3, 0.4) is 0 Å². The summed E-state index contributed by atoms with van der Waals surface area (Å²) in [5.74, 6) is 9.96. The molecule has 0 amide bonds. The van der Waals surface area contributed by atoms with E-state index in [2.05, 4.69) is 224 Å². The van der Waals surface area contributed by atoms with E-state index in [0.717, 1.165) is 142 Å². The number of ether oxygens (including phenoxy) is 7. The maximum Gasteiger partial charge on any atom is 0.253 e. The quantitative estimate of drug-likeness (QED) is 0.0556. The van der Waals surface area contributed by atoms with Crippen LogP contribution in [-0.4, -0.2) is 86.8 Å². The molecule has 2 atom stereocenters. The molecule has 0 aliphatic carbocycles. The molecule has 0 saturated heterocycles. The van der Waals surface area contributed by atoms with Crippen molar-refractivity contribution in [3.05, 3.63) is 188 Å². The lowest BCUT2D eigenvalue weighted by molar-refractivity contribution is -0.694. The second kappa shape index (κ2) is 28.7. The fourth-order valence-electron chi connectivity index (χ4n) is 11.5. The highest BCUT2D eigenvalue weighted by atomic mass is 16.5. The molecule has 2 unspecified atom stereocenters. The summed E-state index contributed by atoms with van der Waals surface area (Å²) in [6.45, 7) is 35.8. The number of rotatable bonds is 23. The lowest BCUT2D eigenvalue weighted by Gasteiger charge is -2.28. The minimum atomic E-state index is 0. The Hall–Kier alpha value is -8.31. The van der Waals surface area contributed by atoms with E-state index < -0.39 is 0 Å². The van der Waals surface area contributed by atoms with E-state index in [1.807, 2.05) is 32.9 Å². The third-order valence-electron chi connectivity index (χ3n) is 16.2. The van der Waals surface area contributed by atoms with Gasteiger partial charge in [0.2, 0.25) is 0 Å². The molecule has 462 valence electrons. The van der Waals surface area contributed by atoms with E-state index >= 15 is 0 Å². The highest BCUT2D eigenvalue weighted by Gasteiger charge is 2.27. The number of nitrogens with zero attached hydrogens (tertiary/aromatic N) is 6. The molecule has 2 aliphatic rings. The SMILES string of the molecule is CCOc1cc(C)c(Oc2cc(C)c(Oc3cc(C)c(OCC)c(CN4C=CN(C)C4C)c3)c(Cn3cc[n+](Cc4cc(CC)cc(C)c4Oc4cc(C)c(Oc5cc(C)c(OCC)c(C)c5)c(C)c4)c3C)c2)c(CN2C=CN(C)C2C)c1.O.O.O. The zero-order valence-electron chi connectivity index (χ0n) is 53.7. The zero-order chi connectivity index (χ0) is 59.4. The van der Waals surface area contributed by atoms with E-state index in [4.69, 9.17) is 33.2 Å². The van der Waals surface area contributed by atoms with Gasteiger partial charge in [0, 0.05) is 81.2 Å². The second-order valence-corrected chi connectivity index (χ2v) is 22.6. The normalized spacial score (nSPS) is 14.2. The molecule has 0 spiro atoms. The summed E-state index contributed by atoms with van der Waals surface area (Å²) >= 11 is 0. The fraction of sp³-hybridized carbons (Fsp3) is 0.386. The Bertz CT molecular complexity index is 3530. The first-order valence-corrected chi connectivity index (χ1v) is 29.5. The molecular formula is C70H93N6O10+. The number of hydrogen-bond acceptors (Lipinski definition) is 11. The Kier molecular flexibility index (Phi) is 22.3. The molecule has 7 aromatic rings. The summed E-state index contributed by atoms with van der Waals surface area (Å²) in [6.07, 6.45) is 14.1. The van der Waals surface area contributed by atoms with E-state index in [1.54, 1.807) is 0 Å². The lowest BCUT2D eigenvalue weighted by atomic mass is 10.0. The molecule has 16 heteroatoms. The Labute approximate surface area is 510 Å². The molecule has 2 aliphatic heterocycles. The fourth-order valence-corrected chi connectivity index (χ4v) is 11.5. The Morgan fingerprint density at radius 3 is 1.23 bits per heavy atom. The van der Waals surface area contributed by atoms with Crippen molar-refractivity contribution in [3.8, 4) is 63.2 Å². The van der Waals surface area contributed by atoms with Gasteiger partial charge in [-0.05, 0) is 213 Å². The van der Waals surface area contributed by atoms with Crippen LogP contribution in [0.5, 0.6) is 63.2 Å². The van der Waals surface area contributed by atoms with Crippen molar-refractivity contribution < 1.29 is 54.2 Å². The van der Waals surface area contributed by atoms with Gasteiger partial charge in [-0.25, -0.2) is 9.13 Å². The van der Waals surface area contributed by atoms with Gasteiger partial charge in [-0.15, -0.1) is 0 Å². The molecular weight excluding hydrogens is 1080 g/mol. The van der Waals surface area contributed by atoms with Crippen LogP contribution in [0.1, 0.15) is 120 Å². The Morgan fingerprint density at radius 1 is 0.395 bits per heavy atom. The van der Waals surface area contributed by atoms with Gasteiger partial charge in [0.25, 0.3) is 5.82 Å². The van der Waals surface area contributed by atoms with Crippen LogP contribution in [0, 0.1) is 62.3 Å². The highest BCUT2D eigenvalue weighted by Crippen LogP contribution is 2.42. The minimum absolute atomic E-state index is 0. The van der Waals surface area contributed by atoms with E-state index in [1.165, 1.54) is 5.56 Å². The van der Waals surface area contributed by atoms with Gasteiger partial charge in [0.15, 0.2) is 0 Å². The van der Waals surface area contributed by atoms with Crippen LogP contribution < -0.4 is 37.7 Å². The van der Waals surface area contributed by atoms with Gasteiger partial charge < -0.3 is 69.2 Å². The molecule has 1 aromatic heterocycles. The summed E-state index contributed by atoms with van der Waals surface area (Å²) in [5.41, 5.74) is 13.5. The molecule has 86 heavy (non-hydrogen) atoms. The van der Waals surface area contributed by atoms with Crippen molar-refractivity contribution in [2.75, 3.05) is 33.9 Å². The molecule has 0 saturated carbocycles. The first-order valence-electron chi connectivity index (χ1n) is 29.5. The summed E-state index contributed by atoms with van der Waals surface area (Å²) in [4.78, 5) is 9.05. The van der Waals surface area contributed by atoms with Crippen LogP contribution in [0.15, 0.2) is 110 Å². The van der Waals surface area contributed by atoms with Crippen LogP contribution in [0.25, 0.3) is 0 Å². The van der Waals surface area contributed by atoms with Crippen LogP contribution in [0.4, 0.5) is 0 Å². The van der Waals surface area contributed by atoms with Crippen molar-refractivity contribution >= 4 is 0 Å². The maximum absolute atomic E-state index is 7.17. The number of benzene rings is 6. The monoisotopic (exact) mass is 1180 g/mol. The third-order valence-corrected chi connectivity index (χ3v) is 16.2. The molecule has 9 rings (SSSR count). The van der Waals surface area contributed by atoms with Crippen molar-refractivity contribution in [2.45, 2.75) is 149 Å². The highest BCUT2D eigenvalue weighted by molar-refractivity contribution is 5.56. The number of hydrogen-bond donors (Lipinski definition) is 0. The lowest BCUT2D eigenvalue weighted by Crippen LogP contribution is -2.36. The summed E-state index contributed by atoms with van der Waals surface area (Å²) in [5, 5.41) is 0. The zero-order valence-corrected chi connectivity index (χ0v) is 53.7. The molecule has 0 radical (unpaired) electrons. The predicted octanol–water partition coefficient (Wildman–Crippen LogP) is 13.2. The van der Waals surface area contributed by atoms with Gasteiger partial charge >= 0.3 is 0 Å². The van der Waals surface area contributed by atoms with Gasteiger partial charge in [0.05, 0.1) is 32.2 Å².